The highest BCUT2D eigenvalue weighted by Gasteiger charge is 2.21. The summed E-state index contributed by atoms with van der Waals surface area (Å²) < 4.78 is 52.1. The number of aryl methyl sites for hydroxylation is 2. The molecule has 0 aliphatic heterocycles. The van der Waals surface area contributed by atoms with Gasteiger partial charge in [-0.15, -0.1) is 4.33 Å². The van der Waals surface area contributed by atoms with E-state index < -0.39 is 10.1 Å². The molecule has 0 aromatic heterocycles. The Bertz CT molecular complexity index is 3070. The minimum atomic E-state index is -4.64. The van der Waals surface area contributed by atoms with E-state index in [0.717, 1.165) is 27.5 Å². The molecule has 0 radical (unpaired) electrons. The topological polar surface area (TPSA) is 146 Å². The number of ketones is 2. The molecule has 12 heteroatoms. The largest absolute Gasteiger partial charge is 0.457 e. The lowest BCUT2D eigenvalue weighted by Crippen LogP contribution is -2.04. The molecular weight excluding hydrogens is 837 g/mol. The highest BCUT2D eigenvalue weighted by molar-refractivity contribution is 7.94. The number of ether oxygens (including phenoxy) is 2. The maximum atomic E-state index is 13.4. The Balaban J connectivity index is 0.887. The number of fused-ring (bicyclic) bond motifs is 1. The zero-order valence-corrected chi connectivity index (χ0v) is 35.5. The van der Waals surface area contributed by atoms with Crippen molar-refractivity contribution in [2.45, 2.75) is 30.1 Å². The molecular formula is C51H38O10S2. The maximum Gasteiger partial charge on any atom is 0.295 e. The standard InChI is InChI=1S/C51H38O10S2/c1-32-3-9-36(10-4-32)50(52)38-13-19-42(20-14-38)58-44-23-17-41-31-45(24-18-40(41)30-44)59-43-21-15-39(16-22-43)51(53)37-11-6-34(7-12-37)28-35-8-26-47(49(29-35)63(55,56)57)46-25-5-33(2)27-48(46)62-61-60-54/h3-27,29-31,54H,28H2,1-2H3,(H,55,56,57). The highest BCUT2D eigenvalue weighted by atomic mass is 32.2. The molecule has 8 rings (SSSR count). The minimum absolute atomic E-state index is 0.0447. The molecule has 8 aromatic rings. The summed E-state index contributed by atoms with van der Waals surface area (Å²) in [5, 5.41) is 14.3. The van der Waals surface area contributed by atoms with Crippen molar-refractivity contribution < 1.29 is 46.7 Å². The minimum Gasteiger partial charge on any atom is -0.457 e. The molecule has 0 aliphatic carbocycles. The van der Waals surface area contributed by atoms with Crippen molar-refractivity contribution in [3.05, 3.63) is 214 Å². The second-order valence-electron chi connectivity index (χ2n) is 14.9. The van der Waals surface area contributed by atoms with Crippen LogP contribution >= 0.6 is 12.0 Å². The van der Waals surface area contributed by atoms with Crippen molar-refractivity contribution in [1.82, 2.24) is 0 Å². The second-order valence-corrected chi connectivity index (χ2v) is 17.0. The normalized spacial score (nSPS) is 11.4. The van der Waals surface area contributed by atoms with E-state index in [9.17, 15) is 22.6 Å². The van der Waals surface area contributed by atoms with Crippen molar-refractivity contribution in [1.29, 1.82) is 0 Å². The van der Waals surface area contributed by atoms with Crippen molar-refractivity contribution in [2.75, 3.05) is 0 Å². The molecule has 0 aliphatic rings. The molecule has 0 fully saturated rings. The third-order valence-electron chi connectivity index (χ3n) is 10.3. The lowest BCUT2D eigenvalue weighted by molar-refractivity contribution is -0.432. The Morgan fingerprint density at radius 2 is 0.952 bits per heavy atom. The summed E-state index contributed by atoms with van der Waals surface area (Å²) in [4.78, 5) is 26.5. The van der Waals surface area contributed by atoms with Gasteiger partial charge in [0.15, 0.2) is 11.6 Å². The molecule has 0 unspecified atom stereocenters. The number of carbonyl (C=O) groups is 2. The van der Waals surface area contributed by atoms with Gasteiger partial charge in [0.2, 0.25) is 0 Å². The Morgan fingerprint density at radius 3 is 1.46 bits per heavy atom. The van der Waals surface area contributed by atoms with Crippen LogP contribution in [-0.2, 0) is 25.9 Å². The van der Waals surface area contributed by atoms with Crippen LogP contribution in [0.1, 0.15) is 54.1 Å². The van der Waals surface area contributed by atoms with Crippen molar-refractivity contribution in [2.24, 2.45) is 0 Å². The molecule has 0 atom stereocenters. The van der Waals surface area contributed by atoms with E-state index in [4.69, 9.17) is 14.7 Å². The summed E-state index contributed by atoms with van der Waals surface area (Å²) in [5.41, 5.74) is 6.27. The SMILES string of the molecule is Cc1ccc(C(=O)c2ccc(Oc3ccc4cc(Oc5ccc(C(=O)c6ccc(Cc7ccc(-c8ccc(C)cc8SOOO)c(S(=O)(=O)O)c7)cc6)cc5)ccc4c3)cc2)cc1. The summed E-state index contributed by atoms with van der Waals surface area (Å²) >= 11 is 0.695. The number of benzene rings is 8. The van der Waals surface area contributed by atoms with Gasteiger partial charge in [-0.2, -0.15) is 8.42 Å². The van der Waals surface area contributed by atoms with Gasteiger partial charge in [0.05, 0.1) is 12.0 Å². The van der Waals surface area contributed by atoms with E-state index >= 15 is 0 Å². The van der Waals surface area contributed by atoms with E-state index in [2.05, 4.69) is 9.37 Å². The van der Waals surface area contributed by atoms with E-state index in [0.29, 0.717) is 79.7 Å². The van der Waals surface area contributed by atoms with Crippen LogP contribution in [0.4, 0.5) is 0 Å². The molecule has 0 saturated heterocycles. The first-order chi connectivity index (χ1) is 30.4. The summed E-state index contributed by atoms with van der Waals surface area (Å²) in [6.07, 6.45) is 0.332. The Hall–Kier alpha value is -6.90. The van der Waals surface area contributed by atoms with Gasteiger partial charge in [0.1, 0.15) is 27.9 Å². The predicted molar refractivity (Wildman–Crippen MR) is 241 cm³/mol. The monoisotopic (exact) mass is 874 g/mol. The fourth-order valence-corrected chi connectivity index (χ4v) is 8.44. The first kappa shape index (κ1) is 42.8. The van der Waals surface area contributed by atoms with Crippen molar-refractivity contribution >= 4 is 44.5 Å². The molecule has 0 saturated carbocycles. The summed E-state index contributed by atoms with van der Waals surface area (Å²) in [6.45, 7) is 3.83. The number of rotatable bonds is 15. The van der Waals surface area contributed by atoms with Crippen LogP contribution in [0, 0.1) is 13.8 Å². The molecule has 0 spiro atoms. The summed E-state index contributed by atoms with van der Waals surface area (Å²) in [7, 11) is -4.64. The predicted octanol–water partition coefficient (Wildman–Crippen LogP) is 12.4. The quantitative estimate of drug-likeness (QED) is 0.0334. The number of carbonyl (C=O) groups excluding carboxylic acids is 2. The molecule has 0 amide bonds. The van der Waals surface area contributed by atoms with Crippen LogP contribution in [0.3, 0.4) is 0 Å². The van der Waals surface area contributed by atoms with Crippen molar-refractivity contribution in [3.63, 3.8) is 0 Å². The Labute approximate surface area is 368 Å². The number of hydrogen-bond donors (Lipinski definition) is 2. The Kier molecular flexibility index (Phi) is 12.6. The summed E-state index contributed by atoms with van der Waals surface area (Å²) in [6, 6.07) is 50.0. The smallest absolute Gasteiger partial charge is 0.295 e. The van der Waals surface area contributed by atoms with Crippen LogP contribution in [0.5, 0.6) is 23.0 Å². The van der Waals surface area contributed by atoms with Gasteiger partial charge >= 0.3 is 0 Å². The third kappa shape index (κ3) is 10.3. The van der Waals surface area contributed by atoms with Gasteiger partial charge in [-0.05, 0) is 138 Å². The molecule has 63 heavy (non-hydrogen) atoms. The maximum absolute atomic E-state index is 13.4. The van der Waals surface area contributed by atoms with Gasteiger partial charge in [0.25, 0.3) is 10.1 Å². The first-order valence-corrected chi connectivity index (χ1v) is 21.8. The van der Waals surface area contributed by atoms with Gasteiger partial charge in [0, 0.05) is 32.7 Å². The Morgan fingerprint density at radius 1 is 0.508 bits per heavy atom. The zero-order valence-electron chi connectivity index (χ0n) is 33.8. The first-order valence-electron chi connectivity index (χ1n) is 19.6. The second kappa shape index (κ2) is 18.6. The average Bonchev–Trinajstić information content (AvgIpc) is 3.29. The highest BCUT2D eigenvalue weighted by Crippen LogP contribution is 2.37. The van der Waals surface area contributed by atoms with Crippen LogP contribution in [0.15, 0.2) is 180 Å². The molecule has 2 N–H and O–H groups in total. The van der Waals surface area contributed by atoms with E-state index in [1.54, 1.807) is 103 Å². The molecule has 8 aromatic carbocycles. The van der Waals surface area contributed by atoms with Crippen LogP contribution in [0.25, 0.3) is 21.9 Å². The fourth-order valence-electron chi connectivity index (χ4n) is 7.08. The molecule has 10 nitrogen and oxygen atoms in total. The van der Waals surface area contributed by atoms with Crippen LogP contribution in [0.2, 0.25) is 0 Å². The number of hydrogen-bond acceptors (Lipinski definition) is 10. The average molecular weight is 875 g/mol. The van der Waals surface area contributed by atoms with Crippen LogP contribution < -0.4 is 9.47 Å². The molecule has 314 valence electrons. The van der Waals surface area contributed by atoms with Crippen molar-refractivity contribution in [3.8, 4) is 34.1 Å². The van der Waals surface area contributed by atoms with Gasteiger partial charge in [-0.25, -0.2) is 5.26 Å². The summed E-state index contributed by atoms with van der Waals surface area (Å²) in [5.74, 6) is 2.23. The lowest BCUT2D eigenvalue weighted by atomic mass is 9.97. The lowest BCUT2D eigenvalue weighted by Gasteiger charge is -2.14. The molecule has 0 heterocycles. The van der Waals surface area contributed by atoms with E-state index in [1.165, 1.54) is 6.07 Å². The van der Waals surface area contributed by atoms with E-state index in [-0.39, 0.29) is 22.0 Å². The van der Waals surface area contributed by atoms with Crippen LogP contribution in [-0.4, -0.2) is 29.8 Å². The third-order valence-corrected chi connectivity index (χ3v) is 11.9. The van der Waals surface area contributed by atoms with Gasteiger partial charge in [-0.3, -0.25) is 14.1 Å². The zero-order chi connectivity index (χ0) is 44.1. The van der Waals surface area contributed by atoms with Gasteiger partial charge in [-0.1, -0.05) is 95.5 Å². The fraction of sp³-hybridized carbons (Fsp3) is 0.0588. The molecule has 0 bridgehead atoms. The van der Waals surface area contributed by atoms with E-state index in [1.807, 2.05) is 74.5 Å². The van der Waals surface area contributed by atoms with Gasteiger partial charge < -0.3 is 9.47 Å².